The molecule has 1 heterocycles. The SMILES string of the molecule is Cc1nccc(CNC2CCCC(CO)C2)n1. The van der Waals surface area contributed by atoms with Crippen LogP contribution < -0.4 is 5.32 Å². The minimum Gasteiger partial charge on any atom is -0.396 e. The number of aliphatic hydroxyl groups is 1. The molecule has 1 aliphatic carbocycles. The third-order valence-corrected chi connectivity index (χ3v) is 3.45. The smallest absolute Gasteiger partial charge is 0.125 e. The van der Waals surface area contributed by atoms with E-state index in [0.29, 0.717) is 18.6 Å². The molecule has 4 nitrogen and oxygen atoms in total. The molecule has 0 saturated heterocycles. The molecular formula is C13H21N3O. The molecule has 2 unspecified atom stereocenters. The lowest BCUT2D eigenvalue weighted by Gasteiger charge is -2.28. The summed E-state index contributed by atoms with van der Waals surface area (Å²) in [5, 5.41) is 12.7. The van der Waals surface area contributed by atoms with Crippen LogP contribution in [0.25, 0.3) is 0 Å². The first kappa shape index (κ1) is 12.5. The van der Waals surface area contributed by atoms with Crippen LogP contribution in [0.5, 0.6) is 0 Å². The molecule has 0 spiro atoms. The first-order valence-electron chi connectivity index (χ1n) is 6.40. The second-order valence-corrected chi connectivity index (χ2v) is 4.89. The standard InChI is InChI=1S/C13H21N3O/c1-10-14-6-5-13(16-10)8-15-12-4-2-3-11(7-12)9-17/h5-6,11-12,15,17H,2-4,7-9H2,1H3. The zero-order chi connectivity index (χ0) is 12.1. The van der Waals surface area contributed by atoms with E-state index in [9.17, 15) is 5.11 Å². The van der Waals surface area contributed by atoms with Crippen molar-refractivity contribution in [3.05, 3.63) is 23.8 Å². The van der Waals surface area contributed by atoms with Crippen molar-refractivity contribution in [1.82, 2.24) is 15.3 Å². The van der Waals surface area contributed by atoms with Crippen molar-refractivity contribution in [2.24, 2.45) is 5.92 Å². The summed E-state index contributed by atoms with van der Waals surface area (Å²) in [5.41, 5.74) is 1.05. The van der Waals surface area contributed by atoms with Gasteiger partial charge in [0.25, 0.3) is 0 Å². The van der Waals surface area contributed by atoms with Gasteiger partial charge in [-0.25, -0.2) is 9.97 Å². The fraction of sp³-hybridized carbons (Fsp3) is 0.692. The van der Waals surface area contributed by atoms with Crippen LogP contribution in [-0.2, 0) is 6.54 Å². The first-order chi connectivity index (χ1) is 8.28. The van der Waals surface area contributed by atoms with Gasteiger partial charge in [-0.2, -0.15) is 0 Å². The Hall–Kier alpha value is -1.00. The van der Waals surface area contributed by atoms with E-state index in [4.69, 9.17) is 0 Å². The van der Waals surface area contributed by atoms with Crippen LogP contribution in [0, 0.1) is 12.8 Å². The summed E-state index contributed by atoms with van der Waals surface area (Å²) in [6, 6.07) is 2.47. The lowest BCUT2D eigenvalue weighted by molar-refractivity contribution is 0.170. The highest BCUT2D eigenvalue weighted by Crippen LogP contribution is 2.23. The van der Waals surface area contributed by atoms with Gasteiger partial charge < -0.3 is 10.4 Å². The molecule has 4 heteroatoms. The van der Waals surface area contributed by atoms with E-state index in [-0.39, 0.29) is 0 Å². The quantitative estimate of drug-likeness (QED) is 0.829. The van der Waals surface area contributed by atoms with Crippen molar-refractivity contribution in [2.45, 2.75) is 45.2 Å². The van der Waals surface area contributed by atoms with Crippen molar-refractivity contribution in [1.29, 1.82) is 0 Å². The molecule has 2 N–H and O–H groups in total. The maximum Gasteiger partial charge on any atom is 0.125 e. The summed E-state index contributed by atoms with van der Waals surface area (Å²) in [6.07, 6.45) is 6.48. The summed E-state index contributed by atoms with van der Waals surface area (Å²) < 4.78 is 0. The Bertz CT molecular complexity index is 356. The van der Waals surface area contributed by atoms with Crippen LogP contribution in [0.1, 0.15) is 37.2 Å². The monoisotopic (exact) mass is 235 g/mol. The van der Waals surface area contributed by atoms with Gasteiger partial charge in [0.05, 0.1) is 5.69 Å². The molecule has 0 aromatic carbocycles. The number of hydrogen-bond acceptors (Lipinski definition) is 4. The summed E-state index contributed by atoms with van der Waals surface area (Å²) in [4.78, 5) is 8.46. The van der Waals surface area contributed by atoms with Gasteiger partial charge in [-0.1, -0.05) is 6.42 Å². The molecule has 1 fully saturated rings. The van der Waals surface area contributed by atoms with E-state index in [1.807, 2.05) is 13.0 Å². The maximum absolute atomic E-state index is 9.18. The Balaban J connectivity index is 1.81. The highest BCUT2D eigenvalue weighted by molar-refractivity contribution is 5.01. The van der Waals surface area contributed by atoms with Crippen molar-refractivity contribution in [2.75, 3.05) is 6.61 Å². The Kier molecular flexibility index (Phi) is 4.45. The Labute approximate surface area is 102 Å². The van der Waals surface area contributed by atoms with Crippen LogP contribution in [-0.4, -0.2) is 27.7 Å². The summed E-state index contributed by atoms with van der Waals surface area (Å²) in [5.74, 6) is 1.30. The first-order valence-corrected chi connectivity index (χ1v) is 6.40. The largest absolute Gasteiger partial charge is 0.396 e. The number of hydrogen-bond donors (Lipinski definition) is 2. The van der Waals surface area contributed by atoms with Gasteiger partial charge >= 0.3 is 0 Å². The summed E-state index contributed by atoms with van der Waals surface area (Å²) in [7, 11) is 0. The number of nitrogens with one attached hydrogen (secondary N) is 1. The van der Waals surface area contributed by atoms with E-state index in [1.54, 1.807) is 6.20 Å². The van der Waals surface area contributed by atoms with Crippen LogP contribution in [0.4, 0.5) is 0 Å². The average Bonchev–Trinajstić information content (AvgIpc) is 2.37. The third-order valence-electron chi connectivity index (χ3n) is 3.45. The van der Waals surface area contributed by atoms with E-state index < -0.39 is 0 Å². The molecule has 17 heavy (non-hydrogen) atoms. The van der Waals surface area contributed by atoms with E-state index in [1.165, 1.54) is 19.3 Å². The molecule has 0 amide bonds. The highest BCUT2D eigenvalue weighted by Gasteiger charge is 2.20. The van der Waals surface area contributed by atoms with Gasteiger partial charge in [-0.05, 0) is 38.2 Å². The lowest BCUT2D eigenvalue weighted by Crippen LogP contribution is -2.34. The Morgan fingerprint density at radius 2 is 2.35 bits per heavy atom. The number of aliphatic hydroxyl groups excluding tert-OH is 1. The minimum absolute atomic E-state index is 0.324. The Morgan fingerprint density at radius 1 is 1.47 bits per heavy atom. The molecular weight excluding hydrogens is 214 g/mol. The number of rotatable bonds is 4. The van der Waals surface area contributed by atoms with Crippen molar-refractivity contribution in [3.8, 4) is 0 Å². The predicted molar refractivity (Wildman–Crippen MR) is 66.4 cm³/mol. The van der Waals surface area contributed by atoms with Gasteiger partial charge in [0.1, 0.15) is 5.82 Å². The minimum atomic E-state index is 0.324. The van der Waals surface area contributed by atoms with Gasteiger partial charge in [0.2, 0.25) is 0 Å². The topological polar surface area (TPSA) is 58.0 Å². The van der Waals surface area contributed by atoms with Crippen LogP contribution in [0.15, 0.2) is 12.3 Å². The number of aromatic nitrogens is 2. The van der Waals surface area contributed by atoms with Crippen molar-refractivity contribution in [3.63, 3.8) is 0 Å². The molecule has 0 bridgehead atoms. The van der Waals surface area contributed by atoms with Gasteiger partial charge in [0.15, 0.2) is 0 Å². The third kappa shape index (κ3) is 3.75. The fourth-order valence-electron chi connectivity index (χ4n) is 2.49. The van der Waals surface area contributed by atoms with Crippen molar-refractivity contribution < 1.29 is 5.11 Å². The second kappa shape index (κ2) is 6.07. The zero-order valence-electron chi connectivity index (χ0n) is 10.4. The maximum atomic E-state index is 9.18. The average molecular weight is 235 g/mol. The van der Waals surface area contributed by atoms with E-state index in [2.05, 4.69) is 15.3 Å². The number of nitrogens with zero attached hydrogens (tertiary/aromatic N) is 2. The molecule has 1 aliphatic rings. The van der Waals surface area contributed by atoms with Crippen molar-refractivity contribution >= 4 is 0 Å². The normalized spacial score (nSPS) is 24.8. The van der Waals surface area contributed by atoms with Gasteiger partial charge in [-0.15, -0.1) is 0 Å². The number of aryl methyl sites for hydroxylation is 1. The van der Waals surface area contributed by atoms with E-state index in [0.717, 1.165) is 24.5 Å². The second-order valence-electron chi connectivity index (χ2n) is 4.89. The van der Waals surface area contributed by atoms with Crippen LogP contribution >= 0.6 is 0 Å². The molecule has 1 aromatic rings. The molecule has 0 aliphatic heterocycles. The zero-order valence-corrected chi connectivity index (χ0v) is 10.4. The lowest BCUT2D eigenvalue weighted by atomic mass is 9.86. The molecule has 2 rings (SSSR count). The predicted octanol–water partition coefficient (Wildman–Crippen LogP) is 1.43. The van der Waals surface area contributed by atoms with Gasteiger partial charge in [0, 0.05) is 25.4 Å². The summed E-state index contributed by atoms with van der Waals surface area (Å²) >= 11 is 0. The fourth-order valence-corrected chi connectivity index (χ4v) is 2.49. The van der Waals surface area contributed by atoms with Gasteiger partial charge in [-0.3, -0.25) is 0 Å². The molecule has 0 radical (unpaired) electrons. The molecule has 1 saturated carbocycles. The molecule has 1 aromatic heterocycles. The molecule has 94 valence electrons. The molecule has 2 atom stereocenters. The summed E-state index contributed by atoms with van der Waals surface area (Å²) in [6.45, 7) is 3.03. The van der Waals surface area contributed by atoms with Crippen LogP contribution in [0.2, 0.25) is 0 Å². The Morgan fingerprint density at radius 3 is 3.12 bits per heavy atom. The van der Waals surface area contributed by atoms with Crippen LogP contribution in [0.3, 0.4) is 0 Å². The highest BCUT2D eigenvalue weighted by atomic mass is 16.3. The van der Waals surface area contributed by atoms with E-state index >= 15 is 0 Å².